The van der Waals surface area contributed by atoms with Crippen LogP contribution < -0.4 is 10.6 Å². The summed E-state index contributed by atoms with van der Waals surface area (Å²) in [6.07, 6.45) is 0.992. The number of hydrogen-bond acceptors (Lipinski definition) is 3. The highest BCUT2D eigenvalue weighted by Crippen LogP contribution is 2.33. The minimum Gasteiger partial charge on any atom is -0.375 e. The van der Waals surface area contributed by atoms with E-state index in [0.717, 1.165) is 22.7 Å². The Hall–Kier alpha value is -2.72. The maximum absolute atomic E-state index is 12.2. The zero-order valence-corrected chi connectivity index (χ0v) is 15.6. The summed E-state index contributed by atoms with van der Waals surface area (Å²) in [5.41, 5.74) is 3.03. The lowest BCUT2D eigenvalue weighted by atomic mass is 10.1. The number of nitrogens with one attached hydrogen (secondary N) is 2. The molecule has 0 saturated heterocycles. The lowest BCUT2D eigenvalue weighted by molar-refractivity contribution is -0.114. The minimum atomic E-state index is -0.0613. The summed E-state index contributed by atoms with van der Waals surface area (Å²) in [5.74, 6) is -0.0613. The van der Waals surface area contributed by atoms with Crippen LogP contribution in [-0.4, -0.2) is 12.5 Å². The van der Waals surface area contributed by atoms with Crippen molar-refractivity contribution in [2.24, 2.45) is 0 Å². The number of anilines is 2. The molecule has 3 aromatic rings. The summed E-state index contributed by atoms with van der Waals surface area (Å²) in [7, 11) is 0. The molecular weight excluding hydrogens is 340 g/mol. The number of amides is 1. The highest BCUT2D eigenvalue weighted by atomic mass is 32.2. The molecule has 0 aliphatic rings. The first-order chi connectivity index (χ1) is 12.7. The number of carbonyl (C=O) groups excluding carboxylic acids is 1. The SMILES string of the molecule is CCc1ccc(NC(=O)CNc2ccccc2Sc2ccccc2)cc1. The van der Waals surface area contributed by atoms with Crippen molar-refractivity contribution in [1.82, 2.24) is 0 Å². The van der Waals surface area contributed by atoms with E-state index >= 15 is 0 Å². The Morgan fingerprint density at radius 2 is 1.58 bits per heavy atom. The molecule has 0 unspecified atom stereocenters. The highest BCUT2D eigenvalue weighted by molar-refractivity contribution is 7.99. The summed E-state index contributed by atoms with van der Waals surface area (Å²) in [5, 5.41) is 6.17. The fourth-order valence-corrected chi connectivity index (χ4v) is 3.47. The van der Waals surface area contributed by atoms with Crippen molar-refractivity contribution in [2.45, 2.75) is 23.1 Å². The molecule has 0 aliphatic carbocycles. The molecule has 0 fully saturated rings. The topological polar surface area (TPSA) is 41.1 Å². The molecule has 0 saturated carbocycles. The third-order valence-corrected chi connectivity index (χ3v) is 5.03. The van der Waals surface area contributed by atoms with E-state index in [1.54, 1.807) is 11.8 Å². The van der Waals surface area contributed by atoms with Crippen LogP contribution in [0.1, 0.15) is 12.5 Å². The number of hydrogen-bond donors (Lipinski definition) is 2. The van der Waals surface area contributed by atoms with Gasteiger partial charge >= 0.3 is 0 Å². The molecule has 26 heavy (non-hydrogen) atoms. The third kappa shape index (κ3) is 5.14. The van der Waals surface area contributed by atoms with Crippen LogP contribution in [0.15, 0.2) is 88.7 Å². The molecule has 4 heteroatoms. The third-order valence-electron chi connectivity index (χ3n) is 3.94. The first-order valence-corrected chi connectivity index (χ1v) is 9.51. The minimum absolute atomic E-state index is 0.0613. The molecule has 0 heterocycles. The number of rotatable bonds is 7. The summed E-state index contributed by atoms with van der Waals surface area (Å²) < 4.78 is 0. The zero-order valence-electron chi connectivity index (χ0n) is 14.7. The second kappa shape index (κ2) is 9.11. The normalized spacial score (nSPS) is 10.3. The lowest BCUT2D eigenvalue weighted by Gasteiger charge is -2.12. The van der Waals surface area contributed by atoms with Gasteiger partial charge in [0.15, 0.2) is 0 Å². The Kier molecular flexibility index (Phi) is 6.34. The standard InChI is InChI=1S/C22H22N2OS/c1-2-17-12-14-18(15-13-17)24-22(25)16-23-20-10-6-7-11-21(20)26-19-8-4-3-5-9-19/h3-15,23H,2,16H2,1H3,(H,24,25). The van der Waals surface area contributed by atoms with Crippen LogP contribution in [0.4, 0.5) is 11.4 Å². The van der Waals surface area contributed by atoms with Crippen LogP contribution >= 0.6 is 11.8 Å². The van der Waals surface area contributed by atoms with E-state index in [4.69, 9.17) is 0 Å². The predicted molar refractivity (Wildman–Crippen MR) is 110 cm³/mol. The zero-order chi connectivity index (χ0) is 18.2. The van der Waals surface area contributed by atoms with E-state index in [1.165, 1.54) is 10.5 Å². The van der Waals surface area contributed by atoms with Crippen LogP contribution in [-0.2, 0) is 11.2 Å². The fourth-order valence-electron chi connectivity index (χ4n) is 2.52. The van der Waals surface area contributed by atoms with Crippen molar-refractivity contribution in [3.8, 4) is 0 Å². The second-order valence-electron chi connectivity index (χ2n) is 5.86. The molecule has 0 spiro atoms. The number of aryl methyl sites for hydroxylation is 1. The number of benzene rings is 3. The van der Waals surface area contributed by atoms with Crippen molar-refractivity contribution < 1.29 is 4.79 Å². The van der Waals surface area contributed by atoms with Gasteiger partial charge in [-0.05, 0) is 48.4 Å². The van der Waals surface area contributed by atoms with Gasteiger partial charge < -0.3 is 10.6 Å². The van der Waals surface area contributed by atoms with E-state index in [-0.39, 0.29) is 12.5 Å². The van der Waals surface area contributed by atoms with E-state index in [0.29, 0.717) is 0 Å². The van der Waals surface area contributed by atoms with Crippen LogP contribution in [0.3, 0.4) is 0 Å². The Balaban J connectivity index is 1.59. The smallest absolute Gasteiger partial charge is 0.243 e. The molecule has 3 rings (SSSR count). The maximum atomic E-state index is 12.2. The summed E-state index contributed by atoms with van der Waals surface area (Å²) in [6.45, 7) is 2.34. The molecule has 3 nitrogen and oxygen atoms in total. The van der Waals surface area contributed by atoms with Gasteiger partial charge in [-0.1, -0.05) is 61.2 Å². The summed E-state index contributed by atoms with van der Waals surface area (Å²) >= 11 is 1.68. The van der Waals surface area contributed by atoms with Gasteiger partial charge in [0.05, 0.1) is 6.54 Å². The van der Waals surface area contributed by atoms with Gasteiger partial charge in [0.2, 0.25) is 5.91 Å². The molecular formula is C22H22N2OS. The van der Waals surface area contributed by atoms with Crippen LogP contribution in [0, 0.1) is 0 Å². The molecule has 2 N–H and O–H groups in total. The first kappa shape index (κ1) is 18.1. The van der Waals surface area contributed by atoms with E-state index in [2.05, 4.69) is 35.8 Å². The van der Waals surface area contributed by atoms with Gasteiger partial charge in [-0.2, -0.15) is 0 Å². The number of carbonyl (C=O) groups is 1. The van der Waals surface area contributed by atoms with Crippen LogP contribution in [0.25, 0.3) is 0 Å². The van der Waals surface area contributed by atoms with Crippen molar-refractivity contribution >= 4 is 29.0 Å². The predicted octanol–water partition coefficient (Wildman–Crippen LogP) is 5.45. The van der Waals surface area contributed by atoms with Crippen LogP contribution in [0.2, 0.25) is 0 Å². The Morgan fingerprint density at radius 3 is 2.31 bits per heavy atom. The summed E-state index contributed by atoms with van der Waals surface area (Å²) in [4.78, 5) is 14.5. The Bertz CT molecular complexity index is 848. The average Bonchev–Trinajstić information content (AvgIpc) is 2.69. The quantitative estimate of drug-likeness (QED) is 0.587. The van der Waals surface area contributed by atoms with Crippen molar-refractivity contribution in [3.05, 3.63) is 84.4 Å². The first-order valence-electron chi connectivity index (χ1n) is 8.69. The second-order valence-corrected chi connectivity index (χ2v) is 6.98. The summed E-state index contributed by atoms with van der Waals surface area (Å²) in [6, 6.07) is 26.2. The van der Waals surface area contributed by atoms with Gasteiger partial charge in [-0.15, -0.1) is 0 Å². The van der Waals surface area contributed by atoms with Crippen molar-refractivity contribution in [1.29, 1.82) is 0 Å². The van der Waals surface area contributed by atoms with Gasteiger partial charge in [-0.3, -0.25) is 4.79 Å². The van der Waals surface area contributed by atoms with Crippen LogP contribution in [0.5, 0.6) is 0 Å². The molecule has 0 radical (unpaired) electrons. The molecule has 0 atom stereocenters. The maximum Gasteiger partial charge on any atom is 0.243 e. The highest BCUT2D eigenvalue weighted by Gasteiger charge is 2.07. The molecule has 132 valence electrons. The van der Waals surface area contributed by atoms with E-state index in [9.17, 15) is 4.79 Å². The molecule has 3 aromatic carbocycles. The van der Waals surface area contributed by atoms with Crippen molar-refractivity contribution in [2.75, 3.05) is 17.2 Å². The van der Waals surface area contributed by atoms with E-state index in [1.807, 2.05) is 60.7 Å². The van der Waals surface area contributed by atoms with Gasteiger partial charge in [0, 0.05) is 21.2 Å². The van der Waals surface area contributed by atoms with Gasteiger partial charge in [0.1, 0.15) is 0 Å². The molecule has 0 aromatic heterocycles. The molecule has 0 bridgehead atoms. The van der Waals surface area contributed by atoms with Gasteiger partial charge in [0.25, 0.3) is 0 Å². The Labute approximate surface area is 158 Å². The fraction of sp³-hybridized carbons (Fsp3) is 0.136. The molecule has 0 aliphatic heterocycles. The number of para-hydroxylation sites is 1. The molecule has 1 amide bonds. The lowest BCUT2D eigenvalue weighted by Crippen LogP contribution is -2.21. The van der Waals surface area contributed by atoms with Crippen molar-refractivity contribution in [3.63, 3.8) is 0 Å². The van der Waals surface area contributed by atoms with Gasteiger partial charge in [-0.25, -0.2) is 0 Å². The average molecular weight is 362 g/mol. The monoisotopic (exact) mass is 362 g/mol. The largest absolute Gasteiger partial charge is 0.375 e. The Morgan fingerprint density at radius 1 is 0.885 bits per heavy atom. The van der Waals surface area contributed by atoms with E-state index < -0.39 is 0 Å².